The number of hydrogen-bond acceptors (Lipinski definition) is 4. The minimum atomic E-state index is -3.58. The van der Waals surface area contributed by atoms with E-state index in [0.29, 0.717) is 30.4 Å². The summed E-state index contributed by atoms with van der Waals surface area (Å²) in [7, 11) is -3.58. The van der Waals surface area contributed by atoms with Crippen LogP contribution in [0.25, 0.3) is 0 Å². The van der Waals surface area contributed by atoms with Gasteiger partial charge in [0.25, 0.3) is 5.91 Å². The van der Waals surface area contributed by atoms with Crippen LogP contribution in [0.3, 0.4) is 0 Å². The molecule has 0 saturated heterocycles. The second kappa shape index (κ2) is 10.4. The predicted molar refractivity (Wildman–Crippen MR) is 116 cm³/mol. The van der Waals surface area contributed by atoms with Gasteiger partial charge in [-0.1, -0.05) is 52.0 Å². The Balaban J connectivity index is 2.08. The first-order chi connectivity index (χ1) is 13.8. The number of carbonyl (C=O) groups is 1. The molecule has 2 aromatic carbocycles. The zero-order chi connectivity index (χ0) is 21.4. The number of carbonyl (C=O) groups excluding carboxylic acids is 1. The van der Waals surface area contributed by atoms with Crippen molar-refractivity contribution in [3.8, 4) is 5.75 Å². The van der Waals surface area contributed by atoms with Crippen molar-refractivity contribution in [2.75, 3.05) is 25.0 Å². The summed E-state index contributed by atoms with van der Waals surface area (Å²) < 4.78 is 32.4. The van der Waals surface area contributed by atoms with Gasteiger partial charge < -0.3 is 10.1 Å². The normalized spacial score (nSPS) is 12.6. The zero-order valence-corrected chi connectivity index (χ0v) is 18.3. The van der Waals surface area contributed by atoms with E-state index in [1.54, 1.807) is 26.0 Å². The van der Waals surface area contributed by atoms with Gasteiger partial charge in [0.1, 0.15) is 5.75 Å². The van der Waals surface area contributed by atoms with Gasteiger partial charge in [-0.3, -0.25) is 4.79 Å². The van der Waals surface area contributed by atoms with Gasteiger partial charge in [0.05, 0.1) is 4.90 Å². The summed E-state index contributed by atoms with van der Waals surface area (Å²) in [5, 5.41) is 2.72. The van der Waals surface area contributed by atoms with Crippen LogP contribution < -0.4 is 10.1 Å². The number of anilines is 1. The second-order valence-corrected chi connectivity index (χ2v) is 8.74. The van der Waals surface area contributed by atoms with Gasteiger partial charge in [-0.2, -0.15) is 4.31 Å². The molecule has 1 N–H and O–H groups in total. The Labute approximate surface area is 173 Å². The van der Waals surface area contributed by atoms with Crippen LogP contribution in [0.15, 0.2) is 53.4 Å². The summed E-state index contributed by atoms with van der Waals surface area (Å²) >= 11 is 0. The summed E-state index contributed by atoms with van der Waals surface area (Å²) in [6, 6.07) is 14.0. The molecule has 1 atom stereocenters. The number of nitrogens with zero attached hydrogens (tertiary/aromatic N) is 1. The van der Waals surface area contributed by atoms with Crippen LogP contribution in [-0.4, -0.2) is 38.3 Å². The lowest BCUT2D eigenvalue weighted by Crippen LogP contribution is -2.30. The summed E-state index contributed by atoms with van der Waals surface area (Å²) in [4.78, 5) is 12.5. The molecule has 0 radical (unpaired) electrons. The summed E-state index contributed by atoms with van der Waals surface area (Å²) in [5.41, 5.74) is 1.48. The Hall–Kier alpha value is -2.38. The number of benzene rings is 2. The van der Waals surface area contributed by atoms with Gasteiger partial charge in [-0.05, 0) is 42.2 Å². The van der Waals surface area contributed by atoms with E-state index in [9.17, 15) is 13.2 Å². The average Bonchev–Trinajstić information content (AvgIpc) is 2.72. The quantitative estimate of drug-likeness (QED) is 0.626. The number of sulfonamides is 1. The van der Waals surface area contributed by atoms with Gasteiger partial charge >= 0.3 is 0 Å². The van der Waals surface area contributed by atoms with Gasteiger partial charge in [-0.25, -0.2) is 8.42 Å². The van der Waals surface area contributed by atoms with Gasteiger partial charge in [-0.15, -0.1) is 0 Å². The Morgan fingerprint density at radius 1 is 1.07 bits per heavy atom. The number of hydrogen-bond donors (Lipinski definition) is 1. The van der Waals surface area contributed by atoms with Gasteiger partial charge in [0, 0.05) is 18.8 Å². The third kappa shape index (κ3) is 5.81. The molecular formula is C22H30N2O4S. The van der Waals surface area contributed by atoms with Crippen LogP contribution in [0, 0.1) is 0 Å². The lowest BCUT2D eigenvalue weighted by molar-refractivity contribution is -0.118. The Morgan fingerprint density at radius 2 is 1.76 bits per heavy atom. The van der Waals surface area contributed by atoms with Crippen molar-refractivity contribution in [1.82, 2.24) is 4.31 Å². The van der Waals surface area contributed by atoms with Crippen LogP contribution in [0.2, 0.25) is 0 Å². The molecule has 29 heavy (non-hydrogen) atoms. The summed E-state index contributed by atoms with van der Waals surface area (Å²) in [6.07, 6.45) is 0.973. The Bertz CT molecular complexity index is 924. The molecule has 0 bridgehead atoms. The number of rotatable bonds is 10. The molecule has 158 valence electrons. The molecule has 0 fully saturated rings. The smallest absolute Gasteiger partial charge is 0.262 e. The number of ether oxygens (including phenoxy) is 1. The highest BCUT2D eigenvalue weighted by molar-refractivity contribution is 7.89. The van der Waals surface area contributed by atoms with E-state index in [0.717, 1.165) is 12.0 Å². The summed E-state index contributed by atoms with van der Waals surface area (Å²) in [6.45, 7) is 8.43. The largest absolute Gasteiger partial charge is 0.483 e. The van der Waals surface area contributed by atoms with Crippen LogP contribution >= 0.6 is 0 Å². The number of amides is 1. The maximum absolute atomic E-state index is 12.7. The highest BCUT2D eigenvalue weighted by Gasteiger charge is 2.22. The lowest BCUT2D eigenvalue weighted by atomic mass is 9.98. The van der Waals surface area contributed by atoms with Crippen LogP contribution in [0.5, 0.6) is 5.75 Å². The van der Waals surface area contributed by atoms with Crippen molar-refractivity contribution in [2.45, 2.75) is 44.9 Å². The minimum absolute atomic E-state index is 0.152. The van der Waals surface area contributed by atoms with Crippen LogP contribution in [-0.2, 0) is 14.8 Å². The molecule has 0 heterocycles. The fraction of sp³-hybridized carbons (Fsp3) is 0.409. The third-order valence-corrected chi connectivity index (χ3v) is 6.93. The first-order valence-electron chi connectivity index (χ1n) is 9.95. The highest BCUT2D eigenvalue weighted by atomic mass is 32.2. The van der Waals surface area contributed by atoms with Gasteiger partial charge in [0.2, 0.25) is 10.0 Å². The molecule has 0 unspecified atom stereocenters. The topological polar surface area (TPSA) is 75.7 Å². The van der Waals surface area contributed by atoms with Crippen LogP contribution in [0.4, 0.5) is 5.69 Å². The summed E-state index contributed by atoms with van der Waals surface area (Å²) in [5.74, 6) is 0.674. The minimum Gasteiger partial charge on any atom is -0.483 e. The molecule has 0 aliphatic heterocycles. The maximum Gasteiger partial charge on any atom is 0.262 e. The van der Waals surface area contributed by atoms with E-state index in [-0.39, 0.29) is 17.4 Å². The Morgan fingerprint density at radius 3 is 2.41 bits per heavy atom. The predicted octanol–water partition coefficient (Wildman–Crippen LogP) is 4.25. The third-order valence-electron chi connectivity index (χ3n) is 4.88. The van der Waals surface area contributed by atoms with Crippen molar-refractivity contribution in [2.24, 2.45) is 0 Å². The molecule has 0 aliphatic carbocycles. The van der Waals surface area contributed by atoms with E-state index in [1.165, 1.54) is 16.4 Å². The lowest BCUT2D eigenvalue weighted by Gasteiger charge is -2.19. The fourth-order valence-electron chi connectivity index (χ4n) is 3.03. The van der Waals surface area contributed by atoms with Crippen molar-refractivity contribution >= 4 is 21.6 Å². The van der Waals surface area contributed by atoms with E-state index in [4.69, 9.17) is 4.74 Å². The molecule has 2 rings (SSSR count). The maximum atomic E-state index is 12.7. The van der Waals surface area contributed by atoms with E-state index in [1.807, 2.05) is 24.3 Å². The molecule has 1 amide bonds. The van der Waals surface area contributed by atoms with E-state index >= 15 is 0 Å². The standard InChI is InChI=1S/C22H30N2O4S/c1-5-17(4)20-13-8-9-14-21(20)28-16-22(25)23-18-11-10-12-19(15-18)29(26,27)24(6-2)7-3/h8-15,17H,5-7,16H2,1-4H3,(H,23,25)/t17-/m1/s1. The molecule has 0 aromatic heterocycles. The van der Waals surface area contributed by atoms with Crippen molar-refractivity contribution < 1.29 is 17.9 Å². The molecule has 6 nitrogen and oxygen atoms in total. The first kappa shape index (κ1) is 22.9. The second-order valence-electron chi connectivity index (χ2n) is 6.80. The van der Waals surface area contributed by atoms with Crippen LogP contribution in [0.1, 0.15) is 45.6 Å². The first-order valence-corrected chi connectivity index (χ1v) is 11.4. The highest BCUT2D eigenvalue weighted by Crippen LogP contribution is 2.28. The van der Waals surface area contributed by atoms with E-state index in [2.05, 4.69) is 19.2 Å². The number of nitrogens with one attached hydrogen (secondary N) is 1. The zero-order valence-electron chi connectivity index (χ0n) is 17.5. The molecule has 7 heteroatoms. The Kier molecular flexibility index (Phi) is 8.22. The molecule has 2 aromatic rings. The molecule has 0 saturated carbocycles. The van der Waals surface area contributed by atoms with Crippen molar-refractivity contribution in [3.63, 3.8) is 0 Å². The SMILES string of the molecule is CC[C@@H](C)c1ccccc1OCC(=O)Nc1cccc(S(=O)(=O)N(CC)CC)c1. The van der Waals surface area contributed by atoms with Crippen molar-refractivity contribution in [1.29, 1.82) is 0 Å². The molecular weight excluding hydrogens is 388 g/mol. The van der Waals surface area contributed by atoms with E-state index < -0.39 is 10.0 Å². The molecule has 0 aliphatic rings. The molecule has 0 spiro atoms. The fourth-order valence-corrected chi connectivity index (χ4v) is 4.53. The number of para-hydroxylation sites is 1. The van der Waals surface area contributed by atoms with Gasteiger partial charge in [0.15, 0.2) is 6.61 Å². The van der Waals surface area contributed by atoms with Crippen molar-refractivity contribution in [3.05, 3.63) is 54.1 Å². The average molecular weight is 419 g/mol. The monoisotopic (exact) mass is 418 g/mol.